The van der Waals surface area contributed by atoms with E-state index in [9.17, 15) is 4.79 Å². The highest BCUT2D eigenvalue weighted by Crippen LogP contribution is 2.26. The van der Waals surface area contributed by atoms with Gasteiger partial charge < -0.3 is 5.32 Å². The van der Waals surface area contributed by atoms with Gasteiger partial charge in [0.25, 0.3) is 5.56 Å². The first-order chi connectivity index (χ1) is 14.3. The normalized spacial score (nSPS) is 15.2. The summed E-state index contributed by atoms with van der Waals surface area (Å²) in [7, 11) is 0. The standard InChI is InChI=1S/C22H24N6O/c29-21-18-14-25-27-19(18)17-13-24-22(23-12-11-15-7-3-1-4-8-15)26-20(17)28(21)16-9-5-2-6-10-16/h2,5-6,9-10,13-15H,1,3-4,7-8,11-12H2,(H,25,27)(H,23,24,26). The first-order valence-electron chi connectivity index (χ1n) is 10.4. The molecule has 0 radical (unpaired) electrons. The van der Waals surface area contributed by atoms with Crippen LogP contribution in [0.3, 0.4) is 0 Å². The lowest BCUT2D eigenvalue weighted by molar-refractivity contribution is 0.345. The lowest BCUT2D eigenvalue weighted by Crippen LogP contribution is -2.20. The van der Waals surface area contributed by atoms with Crippen LogP contribution in [0.2, 0.25) is 0 Å². The second-order valence-electron chi connectivity index (χ2n) is 7.79. The summed E-state index contributed by atoms with van der Waals surface area (Å²) in [6, 6.07) is 9.58. The van der Waals surface area contributed by atoms with E-state index in [1.165, 1.54) is 32.1 Å². The number of para-hydroxylation sites is 1. The molecule has 7 nitrogen and oxygen atoms in total. The molecule has 5 rings (SSSR count). The van der Waals surface area contributed by atoms with Gasteiger partial charge in [-0.3, -0.25) is 14.5 Å². The molecule has 1 saturated carbocycles. The summed E-state index contributed by atoms with van der Waals surface area (Å²) in [5.41, 5.74) is 1.89. The molecule has 0 unspecified atom stereocenters. The van der Waals surface area contributed by atoms with Crippen molar-refractivity contribution in [2.45, 2.75) is 38.5 Å². The van der Waals surface area contributed by atoms with Crippen LogP contribution in [-0.4, -0.2) is 31.3 Å². The van der Waals surface area contributed by atoms with Gasteiger partial charge in [0.1, 0.15) is 0 Å². The molecule has 3 aromatic heterocycles. The van der Waals surface area contributed by atoms with Crippen molar-refractivity contribution in [2.75, 3.05) is 11.9 Å². The molecule has 7 heteroatoms. The van der Waals surface area contributed by atoms with Gasteiger partial charge in [-0.2, -0.15) is 10.1 Å². The summed E-state index contributed by atoms with van der Waals surface area (Å²) < 4.78 is 1.64. The summed E-state index contributed by atoms with van der Waals surface area (Å²) in [6.07, 6.45) is 11.2. The van der Waals surface area contributed by atoms with Crippen LogP contribution in [0, 0.1) is 5.92 Å². The van der Waals surface area contributed by atoms with Crippen molar-refractivity contribution >= 4 is 27.9 Å². The summed E-state index contributed by atoms with van der Waals surface area (Å²) >= 11 is 0. The largest absolute Gasteiger partial charge is 0.354 e. The van der Waals surface area contributed by atoms with Crippen molar-refractivity contribution in [2.24, 2.45) is 5.92 Å². The van der Waals surface area contributed by atoms with Crippen molar-refractivity contribution in [3.8, 4) is 5.69 Å². The quantitative estimate of drug-likeness (QED) is 0.539. The van der Waals surface area contributed by atoms with Gasteiger partial charge in [-0.15, -0.1) is 0 Å². The Hall–Kier alpha value is -3.22. The minimum atomic E-state index is -0.140. The molecule has 1 fully saturated rings. The van der Waals surface area contributed by atoms with Crippen molar-refractivity contribution in [1.82, 2.24) is 24.7 Å². The van der Waals surface area contributed by atoms with E-state index in [1.54, 1.807) is 17.0 Å². The van der Waals surface area contributed by atoms with Crippen molar-refractivity contribution in [3.05, 3.63) is 53.1 Å². The number of rotatable bonds is 5. The van der Waals surface area contributed by atoms with E-state index < -0.39 is 0 Å². The monoisotopic (exact) mass is 388 g/mol. The van der Waals surface area contributed by atoms with Gasteiger partial charge in [0.2, 0.25) is 5.95 Å². The second-order valence-corrected chi connectivity index (χ2v) is 7.79. The molecule has 29 heavy (non-hydrogen) atoms. The summed E-state index contributed by atoms with van der Waals surface area (Å²) in [4.78, 5) is 22.4. The minimum Gasteiger partial charge on any atom is -0.354 e. The average molecular weight is 388 g/mol. The number of anilines is 1. The third kappa shape index (κ3) is 3.37. The van der Waals surface area contributed by atoms with Crippen LogP contribution in [0.4, 0.5) is 5.95 Å². The van der Waals surface area contributed by atoms with Gasteiger partial charge in [0.15, 0.2) is 5.65 Å². The van der Waals surface area contributed by atoms with Crippen LogP contribution in [0.5, 0.6) is 0 Å². The topological polar surface area (TPSA) is 88.5 Å². The SMILES string of the molecule is O=c1c2cn[nH]c2c2cnc(NCCC3CCCCC3)nc2n1-c1ccccc1. The molecule has 0 saturated heterocycles. The Bertz CT molecular complexity index is 1190. The first-order valence-corrected chi connectivity index (χ1v) is 10.4. The van der Waals surface area contributed by atoms with Gasteiger partial charge >= 0.3 is 0 Å². The number of nitrogens with one attached hydrogen (secondary N) is 2. The molecule has 0 bridgehead atoms. The Morgan fingerprint density at radius 1 is 1.07 bits per heavy atom. The summed E-state index contributed by atoms with van der Waals surface area (Å²) in [5, 5.41) is 11.7. The van der Waals surface area contributed by atoms with Gasteiger partial charge in [-0.1, -0.05) is 50.3 Å². The fourth-order valence-corrected chi connectivity index (χ4v) is 4.36. The van der Waals surface area contributed by atoms with E-state index in [2.05, 4.69) is 20.5 Å². The number of fused-ring (bicyclic) bond motifs is 3. The Labute approximate surface area is 168 Å². The van der Waals surface area contributed by atoms with Crippen LogP contribution in [0.1, 0.15) is 38.5 Å². The van der Waals surface area contributed by atoms with E-state index in [0.717, 1.165) is 30.0 Å². The Balaban J connectivity index is 1.53. The molecule has 0 amide bonds. The van der Waals surface area contributed by atoms with Gasteiger partial charge in [-0.25, -0.2) is 4.98 Å². The zero-order valence-electron chi connectivity index (χ0n) is 16.3. The van der Waals surface area contributed by atoms with E-state index in [-0.39, 0.29) is 5.56 Å². The number of aromatic nitrogens is 5. The van der Waals surface area contributed by atoms with Gasteiger partial charge in [-0.05, 0) is 24.5 Å². The van der Waals surface area contributed by atoms with Crippen molar-refractivity contribution in [1.29, 1.82) is 0 Å². The van der Waals surface area contributed by atoms with Crippen LogP contribution < -0.4 is 10.9 Å². The predicted octanol–water partition coefficient (Wildman–Crippen LogP) is 4.04. The highest BCUT2D eigenvalue weighted by molar-refractivity contribution is 6.02. The van der Waals surface area contributed by atoms with Crippen LogP contribution in [0.25, 0.3) is 27.6 Å². The molecule has 0 spiro atoms. The molecule has 0 aliphatic heterocycles. The van der Waals surface area contributed by atoms with E-state index in [4.69, 9.17) is 4.98 Å². The Kier molecular flexibility index (Phi) is 4.71. The molecule has 1 aromatic carbocycles. The van der Waals surface area contributed by atoms with Crippen molar-refractivity contribution in [3.63, 3.8) is 0 Å². The molecule has 0 atom stereocenters. The average Bonchev–Trinajstić information content (AvgIpc) is 3.26. The van der Waals surface area contributed by atoms with Gasteiger partial charge in [0.05, 0.1) is 28.2 Å². The fraction of sp³-hybridized carbons (Fsp3) is 0.364. The number of benzene rings is 1. The number of pyridine rings is 1. The van der Waals surface area contributed by atoms with Crippen molar-refractivity contribution < 1.29 is 0 Å². The zero-order chi connectivity index (χ0) is 19.6. The van der Waals surface area contributed by atoms with E-state index >= 15 is 0 Å². The molecule has 4 aromatic rings. The molecule has 3 heterocycles. The number of nitrogens with zero attached hydrogens (tertiary/aromatic N) is 4. The second kappa shape index (κ2) is 7.66. The molecular formula is C22H24N6O. The van der Waals surface area contributed by atoms with E-state index in [1.807, 2.05) is 30.3 Å². The smallest absolute Gasteiger partial charge is 0.267 e. The molecular weight excluding hydrogens is 364 g/mol. The lowest BCUT2D eigenvalue weighted by Gasteiger charge is -2.21. The Morgan fingerprint density at radius 2 is 1.90 bits per heavy atom. The maximum absolute atomic E-state index is 13.2. The highest BCUT2D eigenvalue weighted by Gasteiger charge is 2.17. The van der Waals surface area contributed by atoms with Crippen LogP contribution >= 0.6 is 0 Å². The highest BCUT2D eigenvalue weighted by atomic mass is 16.1. The molecule has 1 aliphatic carbocycles. The maximum Gasteiger partial charge on any atom is 0.267 e. The van der Waals surface area contributed by atoms with Crippen LogP contribution in [-0.2, 0) is 0 Å². The predicted molar refractivity (Wildman–Crippen MR) is 114 cm³/mol. The zero-order valence-corrected chi connectivity index (χ0v) is 16.3. The Morgan fingerprint density at radius 3 is 2.72 bits per heavy atom. The number of H-pyrrole nitrogens is 1. The third-order valence-electron chi connectivity index (χ3n) is 5.90. The lowest BCUT2D eigenvalue weighted by atomic mass is 9.87. The third-order valence-corrected chi connectivity index (χ3v) is 5.90. The minimum absolute atomic E-state index is 0.140. The van der Waals surface area contributed by atoms with E-state index in [0.29, 0.717) is 22.5 Å². The van der Waals surface area contributed by atoms with Gasteiger partial charge in [0, 0.05) is 12.7 Å². The maximum atomic E-state index is 13.2. The molecule has 1 aliphatic rings. The summed E-state index contributed by atoms with van der Waals surface area (Å²) in [6.45, 7) is 0.845. The molecule has 148 valence electrons. The number of aromatic amines is 1. The molecule has 2 N–H and O–H groups in total. The fourth-order valence-electron chi connectivity index (χ4n) is 4.36. The first kappa shape index (κ1) is 17.8. The number of hydrogen-bond donors (Lipinski definition) is 2. The van der Waals surface area contributed by atoms with Crippen LogP contribution in [0.15, 0.2) is 47.5 Å². The number of hydrogen-bond acceptors (Lipinski definition) is 5. The summed E-state index contributed by atoms with van der Waals surface area (Å²) in [5.74, 6) is 1.35.